The van der Waals surface area contributed by atoms with E-state index in [0.29, 0.717) is 18.9 Å². The molecule has 2 fully saturated rings. The summed E-state index contributed by atoms with van der Waals surface area (Å²) in [6.07, 6.45) is 4.37. The number of hydrogen-bond acceptors (Lipinski definition) is 3. The zero-order valence-electron chi connectivity index (χ0n) is 11.9. The van der Waals surface area contributed by atoms with Crippen LogP contribution in [0.1, 0.15) is 31.9 Å². The van der Waals surface area contributed by atoms with E-state index in [-0.39, 0.29) is 17.9 Å². The predicted molar refractivity (Wildman–Crippen MR) is 81.2 cm³/mol. The fourth-order valence-corrected chi connectivity index (χ4v) is 3.04. The van der Waals surface area contributed by atoms with Gasteiger partial charge < -0.3 is 10.2 Å². The zero-order valence-corrected chi connectivity index (χ0v) is 13.5. The molecular weight excluding hydrogens is 334 g/mol. The normalized spacial score (nSPS) is 25.9. The van der Waals surface area contributed by atoms with Crippen LogP contribution in [0.5, 0.6) is 0 Å². The van der Waals surface area contributed by atoms with Crippen molar-refractivity contribution in [2.75, 3.05) is 0 Å². The van der Waals surface area contributed by atoms with Crippen LogP contribution in [-0.4, -0.2) is 33.8 Å². The molecular formula is C15H18BrN3O2. The highest BCUT2D eigenvalue weighted by atomic mass is 79.9. The number of piperazine rings is 1. The molecule has 0 bridgehead atoms. The van der Waals surface area contributed by atoms with E-state index in [0.717, 1.165) is 23.0 Å². The van der Waals surface area contributed by atoms with Crippen molar-refractivity contribution in [1.29, 1.82) is 0 Å². The van der Waals surface area contributed by atoms with Crippen molar-refractivity contribution < 1.29 is 9.59 Å². The summed E-state index contributed by atoms with van der Waals surface area (Å²) in [6.45, 7) is 2.31. The summed E-state index contributed by atoms with van der Waals surface area (Å²) in [4.78, 5) is 31.0. The number of amides is 2. The molecule has 0 aromatic carbocycles. The fourth-order valence-electron chi connectivity index (χ4n) is 2.81. The molecule has 2 unspecified atom stereocenters. The van der Waals surface area contributed by atoms with E-state index < -0.39 is 6.04 Å². The van der Waals surface area contributed by atoms with Gasteiger partial charge in [-0.2, -0.15) is 0 Å². The van der Waals surface area contributed by atoms with Gasteiger partial charge in [0.25, 0.3) is 0 Å². The molecule has 21 heavy (non-hydrogen) atoms. The van der Waals surface area contributed by atoms with E-state index in [2.05, 4.69) is 26.2 Å². The van der Waals surface area contributed by atoms with Crippen LogP contribution in [0.15, 0.2) is 22.8 Å². The molecule has 6 heteroatoms. The molecule has 0 spiro atoms. The summed E-state index contributed by atoms with van der Waals surface area (Å²) < 4.78 is 0.902. The van der Waals surface area contributed by atoms with Crippen LogP contribution in [0, 0.1) is 5.92 Å². The highest BCUT2D eigenvalue weighted by Gasteiger charge is 2.47. The Labute approximate surface area is 132 Å². The van der Waals surface area contributed by atoms with Crippen molar-refractivity contribution in [2.24, 2.45) is 5.92 Å². The quantitative estimate of drug-likeness (QED) is 0.900. The SMILES string of the molecule is CCC1NC(=O)C(C2CC2)N(Cc2ccc(Br)cn2)C1=O. The van der Waals surface area contributed by atoms with Gasteiger partial charge in [-0.05, 0) is 53.2 Å². The van der Waals surface area contributed by atoms with Crippen molar-refractivity contribution >= 4 is 27.7 Å². The Hall–Kier alpha value is -1.43. The molecule has 2 aliphatic rings. The number of halogens is 1. The molecule has 1 aliphatic heterocycles. The molecule has 3 rings (SSSR count). The average molecular weight is 352 g/mol. The number of carbonyl (C=O) groups is 2. The molecule has 1 aliphatic carbocycles. The Morgan fingerprint density at radius 3 is 2.71 bits per heavy atom. The zero-order chi connectivity index (χ0) is 15.0. The van der Waals surface area contributed by atoms with Crippen LogP contribution in [-0.2, 0) is 16.1 Å². The summed E-state index contributed by atoms with van der Waals surface area (Å²) in [5, 5.41) is 2.85. The van der Waals surface area contributed by atoms with Gasteiger partial charge in [0.05, 0.1) is 12.2 Å². The van der Waals surface area contributed by atoms with Crippen LogP contribution >= 0.6 is 15.9 Å². The number of nitrogens with zero attached hydrogens (tertiary/aromatic N) is 2. The highest BCUT2D eigenvalue weighted by molar-refractivity contribution is 9.10. The lowest BCUT2D eigenvalue weighted by Gasteiger charge is -2.38. The molecule has 1 aromatic rings. The highest BCUT2D eigenvalue weighted by Crippen LogP contribution is 2.37. The number of pyridine rings is 1. The lowest BCUT2D eigenvalue weighted by molar-refractivity contribution is -0.151. The molecule has 0 radical (unpaired) electrons. The maximum Gasteiger partial charge on any atom is 0.246 e. The van der Waals surface area contributed by atoms with Crippen LogP contribution in [0.4, 0.5) is 0 Å². The summed E-state index contributed by atoms with van der Waals surface area (Å²) >= 11 is 3.35. The van der Waals surface area contributed by atoms with Gasteiger partial charge in [0.15, 0.2) is 0 Å². The second-order valence-corrected chi connectivity index (χ2v) is 6.60. The van der Waals surface area contributed by atoms with Gasteiger partial charge in [0, 0.05) is 10.7 Å². The van der Waals surface area contributed by atoms with E-state index in [1.165, 1.54) is 0 Å². The van der Waals surface area contributed by atoms with Gasteiger partial charge in [-0.15, -0.1) is 0 Å². The number of carbonyl (C=O) groups excluding carboxylic acids is 2. The first-order valence-electron chi connectivity index (χ1n) is 7.31. The van der Waals surface area contributed by atoms with E-state index >= 15 is 0 Å². The van der Waals surface area contributed by atoms with E-state index in [1.54, 1.807) is 11.1 Å². The van der Waals surface area contributed by atoms with Crippen molar-refractivity contribution in [1.82, 2.24) is 15.2 Å². The van der Waals surface area contributed by atoms with Crippen molar-refractivity contribution in [3.8, 4) is 0 Å². The molecule has 1 aromatic heterocycles. The largest absolute Gasteiger partial charge is 0.343 e. The van der Waals surface area contributed by atoms with E-state index in [4.69, 9.17) is 0 Å². The summed E-state index contributed by atoms with van der Waals surface area (Å²) in [7, 11) is 0. The maximum atomic E-state index is 12.6. The third kappa shape index (κ3) is 2.95. The van der Waals surface area contributed by atoms with Crippen molar-refractivity contribution in [3.63, 3.8) is 0 Å². The second-order valence-electron chi connectivity index (χ2n) is 5.69. The first-order chi connectivity index (χ1) is 10.1. The molecule has 1 N–H and O–H groups in total. The minimum atomic E-state index is -0.400. The van der Waals surface area contributed by atoms with Crippen LogP contribution in [0.3, 0.4) is 0 Å². The minimum absolute atomic E-state index is 0.0127. The molecule has 112 valence electrons. The molecule has 2 heterocycles. The fraction of sp³-hybridized carbons (Fsp3) is 0.533. The Morgan fingerprint density at radius 1 is 1.38 bits per heavy atom. The maximum absolute atomic E-state index is 12.6. The number of hydrogen-bond donors (Lipinski definition) is 1. The Bertz CT molecular complexity index is 557. The first-order valence-corrected chi connectivity index (χ1v) is 8.10. The monoisotopic (exact) mass is 351 g/mol. The van der Waals surface area contributed by atoms with Gasteiger partial charge in [-0.25, -0.2) is 0 Å². The third-order valence-corrected chi connectivity index (χ3v) is 4.57. The Balaban J connectivity index is 1.84. The molecule has 2 atom stereocenters. The number of nitrogens with one attached hydrogen (secondary N) is 1. The average Bonchev–Trinajstić information content (AvgIpc) is 3.29. The Kier molecular flexibility index (Phi) is 3.97. The number of rotatable bonds is 4. The van der Waals surface area contributed by atoms with Crippen LogP contribution < -0.4 is 5.32 Å². The summed E-state index contributed by atoms with van der Waals surface area (Å²) in [6, 6.07) is 3.06. The first kappa shape index (κ1) is 14.5. The van der Waals surface area contributed by atoms with Gasteiger partial charge in [0.1, 0.15) is 12.1 Å². The molecule has 2 amide bonds. The van der Waals surface area contributed by atoms with Gasteiger partial charge >= 0.3 is 0 Å². The smallest absolute Gasteiger partial charge is 0.246 e. The summed E-state index contributed by atoms with van der Waals surface area (Å²) in [5.74, 6) is 0.307. The van der Waals surface area contributed by atoms with E-state index in [1.807, 2.05) is 19.1 Å². The van der Waals surface area contributed by atoms with Crippen molar-refractivity contribution in [3.05, 3.63) is 28.5 Å². The topological polar surface area (TPSA) is 62.3 Å². The van der Waals surface area contributed by atoms with Gasteiger partial charge in [-0.3, -0.25) is 14.6 Å². The van der Waals surface area contributed by atoms with Gasteiger partial charge in [0.2, 0.25) is 11.8 Å². The van der Waals surface area contributed by atoms with Crippen molar-refractivity contribution in [2.45, 2.75) is 44.8 Å². The molecule has 1 saturated heterocycles. The van der Waals surface area contributed by atoms with E-state index in [9.17, 15) is 9.59 Å². The summed E-state index contributed by atoms with van der Waals surface area (Å²) in [5.41, 5.74) is 0.807. The molecule has 1 saturated carbocycles. The van der Waals surface area contributed by atoms with Crippen LogP contribution in [0.25, 0.3) is 0 Å². The Morgan fingerprint density at radius 2 is 2.14 bits per heavy atom. The van der Waals surface area contributed by atoms with Crippen LogP contribution in [0.2, 0.25) is 0 Å². The predicted octanol–water partition coefficient (Wildman–Crippen LogP) is 1.86. The lowest BCUT2D eigenvalue weighted by atomic mass is 10.0. The molecule has 5 nitrogen and oxygen atoms in total. The lowest BCUT2D eigenvalue weighted by Crippen LogP contribution is -2.63. The minimum Gasteiger partial charge on any atom is -0.343 e. The van der Waals surface area contributed by atoms with Gasteiger partial charge in [-0.1, -0.05) is 6.92 Å². The third-order valence-electron chi connectivity index (χ3n) is 4.10. The standard InChI is InChI=1S/C15H18BrN3O2/c1-2-12-15(21)19(8-11-6-5-10(16)7-17-11)13(9-3-4-9)14(20)18-12/h5-7,9,12-13H,2-4,8H2,1H3,(H,18,20). The second kappa shape index (κ2) is 5.75. The number of aromatic nitrogens is 1.